The molecular weight excluding hydrogens is 630 g/mol. The van der Waals surface area contributed by atoms with Crippen LogP contribution in [0.4, 0.5) is 4.79 Å². The summed E-state index contributed by atoms with van der Waals surface area (Å²) in [5.74, 6) is -0.985. The molecule has 3 rings (SSSR count). The summed E-state index contributed by atoms with van der Waals surface area (Å²) in [6.45, 7) is 7.42. The Labute approximate surface area is 284 Å². The molecule has 0 unspecified atom stereocenters. The van der Waals surface area contributed by atoms with Crippen LogP contribution in [0.2, 0.25) is 0 Å². The summed E-state index contributed by atoms with van der Waals surface area (Å²) in [6, 6.07) is 22.0. The minimum absolute atomic E-state index is 0.0636. The summed E-state index contributed by atoms with van der Waals surface area (Å²) in [7, 11) is -2.81. The first-order chi connectivity index (χ1) is 23.0. The maximum absolute atomic E-state index is 14.1. The Morgan fingerprint density at radius 2 is 1.46 bits per heavy atom. The van der Waals surface area contributed by atoms with Gasteiger partial charge < -0.3 is 20.7 Å². The number of methoxy groups -OCH3 is 1. The summed E-state index contributed by atoms with van der Waals surface area (Å²) < 4.78 is 34.0. The fourth-order valence-electron chi connectivity index (χ4n) is 5.75. The Morgan fingerprint density at radius 3 is 1.92 bits per heavy atom. The van der Waals surface area contributed by atoms with E-state index in [-0.39, 0.29) is 36.8 Å². The third kappa shape index (κ3) is 9.83. The highest BCUT2D eigenvalue weighted by Crippen LogP contribution is 2.30. The fourth-order valence-corrected chi connectivity index (χ4v) is 7.41. The number of hydrogen-bond acceptors (Lipinski definition) is 8. The predicted molar refractivity (Wildman–Crippen MR) is 186 cm³/mol. The SMILES string of the molecule is C=C[C@@H](CCC[C@@H](CO)N(CCC(C)C)S(=O)(=O)c1ccc(CO)cc1)N(C(=O)OC)C(=O)[C@@H](N)C(c1ccccc1)c1ccccc1. The Balaban J connectivity index is 1.85. The van der Waals surface area contributed by atoms with Gasteiger partial charge in [-0.05, 0) is 60.4 Å². The zero-order valence-corrected chi connectivity index (χ0v) is 28.8. The molecule has 10 nitrogen and oxygen atoms in total. The number of nitrogens with two attached hydrogens (primary N) is 1. The summed E-state index contributed by atoms with van der Waals surface area (Å²) in [5, 5.41) is 19.8. The van der Waals surface area contributed by atoms with Crippen molar-refractivity contribution in [2.24, 2.45) is 11.7 Å². The van der Waals surface area contributed by atoms with Crippen molar-refractivity contribution in [3.8, 4) is 0 Å². The van der Waals surface area contributed by atoms with Crippen molar-refractivity contribution >= 4 is 22.0 Å². The average Bonchev–Trinajstić information content (AvgIpc) is 3.10. The normalized spacial score (nSPS) is 13.7. The zero-order chi connectivity index (χ0) is 35.3. The molecule has 3 atom stereocenters. The monoisotopic (exact) mass is 679 g/mol. The van der Waals surface area contributed by atoms with E-state index in [1.165, 1.54) is 29.6 Å². The van der Waals surface area contributed by atoms with Crippen molar-refractivity contribution in [3.05, 3.63) is 114 Å². The molecule has 0 aliphatic carbocycles. The van der Waals surface area contributed by atoms with Crippen LogP contribution in [0.5, 0.6) is 0 Å². The van der Waals surface area contributed by atoms with Gasteiger partial charge >= 0.3 is 6.09 Å². The molecule has 0 fully saturated rings. The maximum Gasteiger partial charge on any atom is 0.416 e. The van der Waals surface area contributed by atoms with E-state index >= 15 is 0 Å². The lowest BCUT2D eigenvalue weighted by Gasteiger charge is -2.33. The molecule has 0 aromatic heterocycles. The summed E-state index contributed by atoms with van der Waals surface area (Å²) in [5.41, 5.74) is 8.88. The lowest BCUT2D eigenvalue weighted by molar-refractivity contribution is -0.132. The Bertz CT molecular complexity index is 1510. The molecule has 0 aliphatic rings. The van der Waals surface area contributed by atoms with Gasteiger partial charge in [0, 0.05) is 18.5 Å². The molecule has 3 aromatic rings. The van der Waals surface area contributed by atoms with Crippen LogP contribution < -0.4 is 5.73 Å². The molecule has 0 aliphatic heterocycles. The number of carbonyl (C=O) groups is 2. The van der Waals surface area contributed by atoms with E-state index in [4.69, 9.17) is 10.5 Å². The number of amides is 2. The topological polar surface area (TPSA) is 150 Å². The van der Waals surface area contributed by atoms with Crippen LogP contribution in [-0.4, -0.2) is 78.2 Å². The van der Waals surface area contributed by atoms with Crippen molar-refractivity contribution in [2.75, 3.05) is 20.3 Å². The van der Waals surface area contributed by atoms with Gasteiger partial charge in [0.05, 0.1) is 37.3 Å². The first kappa shape index (κ1) is 38.6. The molecule has 0 spiro atoms. The van der Waals surface area contributed by atoms with Gasteiger partial charge in [0.15, 0.2) is 0 Å². The van der Waals surface area contributed by atoms with E-state index in [0.717, 1.165) is 16.0 Å². The van der Waals surface area contributed by atoms with Gasteiger partial charge in [0.1, 0.15) is 0 Å². The van der Waals surface area contributed by atoms with Crippen LogP contribution in [0.15, 0.2) is 102 Å². The molecule has 2 amide bonds. The van der Waals surface area contributed by atoms with Gasteiger partial charge in [-0.2, -0.15) is 4.31 Å². The lowest BCUT2D eigenvalue weighted by Crippen LogP contribution is -2.53. The van der Waals surface area contributed by atoms with Crippen LogP contribution in [0, 0.1) is 5.92 Å². The highest BCUT2D eigenvalue weighted by atomic mass is 32.2. The molecular formula is C37H49N3O7S. The predicted octanol–water partition coefficient (Wildman–Crippen LogP) is 5.06. The summed E-state index contributed by atoms with van der Waals surface area (Å²) in [4.78, 5) is 28.3. The molecule has 0 bridgehead atoms. The van der Waals surface area contributed by atoms with Crippen molar-refractivity contribution in [3.63, 3.8) is 0 Å². The fraction of sp³-hybridized carbons (Fsp3) is 0.405. The third-order valence-electron chi connectivity index (χ3n) is 8.47. The molecule has 0 radical (unpaired) electrons. The zero-order valence-electron chi connectivity index (χ0n) is 28.0. The highest BCUT2D eigenvalue weighted by molar-refractivity contribution is 7.89. The molecule has 4 N–H and O–H groups in total. The van der Waals surface area contributed by atoms with Crippen LogP contribution >= 0.6 is 0 Å². The van der Waals surface area contributed by atoms with E-state index in [9.17, 15) is 28.2 Å². The number of hydrogen-bond donors (Lipinski definition) is 3. The molecule has 0 saturated heterocycles. The first-order valence-electron chi connectivity index (χ1n) is 16.2. The minimum atomic E-state index is -3.99. The van der Waals surface area contributed by atoms with Gasteiger partial charge in [-0.3, -0.25) is 4.79 Å². The summed E-state index contributed by atoms with van der Waals surface area (Å²) >= 11 is 0. The second-order valence-electron chi connectivity index (χ2n) is 12.2. The van der Waals surface area contributed by atoms with Gasteiger partial charge in [-0.1, -0.05) is 92.7 Å². The molecule has 3 aromatic carbocycles. The van der Waals surface area contributed by atoms with E-state index < -0.39 is 52.7 Å². The Hall–Kier alpha value is -3.87. The van der Waals surface area contributed by atoms with E-state index in [1.807, 2.05) is 74.5 Å². The maximum atomic E-state index is 14.1. The molecule has 0 saturated carbocycles. The van der Waals surface area contributed by atoms with Crippen LogP contribution in [0.25, 0.3) is 0 Å². The lowest BCUT2D eigenvalue weighted by atomic mass is 9.84. The average molecular weight is 680 g/mol. The number of aliphatic hydroxyl groups excluding tert-OH is 2. The number of sulfonamides is 1. The van der Waals surface area contributed by atoms with Gasteiger partial charge in [-0.25, -0.2) is 18.1 Å². The second kappa shape index (κ2) is 18.6. The third-order valence-corrected chi connectivity index (χ3v) is 10.4. The molecule has 260 valence electrons. The number of rotatable bonds is 18. The number of carbonyl (C=O) groups excluding carboxylic acids is 2. The Morgan fingerprint density at radius 1 is 0.896 bits per heavy atom. The Kier molecular flexibility index (Phi) is 15.0. The van der Waals surface area contributed by atoms with Gasteiger partial charge in [-0.15, -0.1) is 6.58 Å². The van der Waals surface area contributed by atoms with Crippen molar-refractivity contribution < 1.29 is 33.0 Å². The smallest absolute Gasteiger partial charge is 0.416 e. The summed E-state index contributed by atoms with van der Waals surface area (Å²) in [6.07, 6.45) is 2.00. The molecule has 48 heavy (non-hydrogen) atoms. The van der Waals surface area contributed by atoms with Crippen molar-refractivity contribution in [1.82, 2.24) is 9.21 Å². The highest BCUT2D eigenvalue weighted by Gasteiger charge is 2.38. The van der Waals surface area contributed by atoms with E-state index in [2.05, 4.69) is 6.58 Å². The van der Waals surface area contributed by atoms with Gasteiger partial charge in [0.25, 0.3) is 0 Å². The largest absolute Gasteiger partial charge is 0.452 e. The molecule has 0 heterocycles. The van der Waals surface area contributed by atoms with Crippen molar-refractivity contribution in [1.29, 1.82) is 0 Å². The van der Waals surface area contributed by atoms with E-state index in [1.54, 1.807) is 12.1 Å². The van der Waals surface area contributed by atoms with E-state index in [0.29, 0.717) is 18.4 Å². The van der Waals surface area contributed by atoms with Crippen molar-refractivity contribution in [2.45, 2.75) is 75.1 Å². The van der Waals surface area contributed by atoms with Crippen LogP contribution in [0.1, 0.15) is 62.1 Å². The number of benzene rings is 3. The van der Waals surface area contributed by atoms with Gasteiger partial charge in [0.2, 0.25) is 15.9 Å². The molecule has 11 heteroatoms. The second-order valence-corrected chi connectivity index (χ2v) is 14.1. The standard InChI is InChI=1S/C37H49N3O7S/c1-5-31(17-12-18-32(26-42)39(24-23-27(2)3)48(45,46)33-21-19-28(25-41)20-22-33)40(37(44)47-4)36(43)35(38)34(29-13-8-6-9-14-29)30-15-10-7-11-16-30/h5-11,13-16,19-22,27,31-32,34-35,41-42H,1,12,17-18,23-26,38H2,2-4H3/t31-,32-,35-/m0/s1. The minimum Gasteiger partial charge on any atom is -0.452 e. The first-order valence-corrected chi connectivity index (χ1v) is 17.7. The number of imide groups is 1. The quantitative estimate of drug-likeness (QED) is 0.158. The van der Waals surface area contributed by atoms with Crippen LogP contribution in [0.3, 0.4) is 0 Å². The number of aliphatic hydroxyl groups is 2. The number of ether oxygens (including phenoxy) is 1. The number of nitrogens with zero attached hydrogens (tertiary/aromatic N) is 2. The van der Waals surface area contributed by atoms with Crippen LogP contribution in [-0.2, 0) is 26.2 Å².